The number of anilines is 1. The Hall–Kier alpha value is -2.09. The van der Waals surface area contributed by atoms with Crippen LogP contribution in [0.2, 0.25) is 0 Å². The quantitative estimate of drug-likeness (QED) is 0.784. The summed E-state index contributed by atoms with van der Waals surface area (Å²) in [5.74, 6) is -0.859. The van der Waals surface area contributed by atoms with E-state index in [1.54, 1.807) is 6.92 Å². The zero-order chi connectivity index (χ0) is 18.4. The summed E-state index contributed by atoms with van der Waals surface area (Å²) in [4.78, 5) is 24.8. The van der Waals surface area contributed by atoms with Crippen molar-refractivity contribution in [1.29, 1.82) is 0 Å². The van der Waals surface area contributed by atoms with Crippen LogP contribution in [0.25, 0.3) is 0 Å². The van der Waals surface area contributed by atoms with Gasteiger partial charge in [0, 0.05) is 5.69 Å². The van der Waals surface area contributed by atoms with E-state index in [1.165, 1.54) is 12.1 Å². The van der Waals surface area contributed by atoms with Gasteiger partial charge in [0.25, 0.3) is 5.91 Å². The minimum atomic E-state index is -4.45. The minimum absolute atomic E-state index is 0.103. The van der Waals surface area contributed by atoms with Gasteiger partial charge in [0.15, 0.2) is 6.54 Å². The SMILES string of the molecule is CCOC(=O)[C@H]1CCC[NH+](CC(=O)Nc2cccc(C(F)(F)F)c2)C1. The largest absolute Gasteiger partial charge is 0.466 e. The Kier molecular flexibility index (Phi) is 6.41. The molecule has 0 saturated carbocycles. The number of amides is 1. The number of piperidine rings is 1. The Labute approximate surface area is 144 Å². The number of rotatable bonds is 5. The molecule has 1 aromatic carbocycles. The third-order valence-corrected chi connectivity index (χ3v) is 4.12. The zero-order valence-electron chi connectivity index (χ0n) is 14.0. The van der Waals surface area contributed by atoms with Gasteiger partial charge in [-0.15, -0.1) is 0 Å². The average molecular weight is 359 g/mol. The molecule has 0 radical (unpaired) electrons. The van der Waals surface area contributed by atoms with E-state index in [4.69, 9.17) is 4.74 Å². The molecule has 2 rings (SSSR count). The fourth-order valence-electron chi connectivity index (χ4n) is 2.98. The molecular formula is C17H22F3N2O3+. The molecule has 2 N–H and O–H groups in total. The molecule has 2 atom stereocenters. The van der Waals surface area contributed by atoms with E-state index >= 15 is 0 Å². The number of benzene rings is 1. The van der Waals surface area contributed by atoms with E-state index < -0.39 is 11.7 Å². The number of esters is 1. The highest BCUT2D eigenvalue weighted by Crippen LogP contribution is 2.30. The van der Waals surface area contributed by atoms with Crippen LogP contribution in [0.4, 0.5) is 18.9 Å². The monoisotopic (exact) mass is 359 g/mol. The predicted molar refractivity (Wildman–Crippen MR) is 85.0 cm³/mol. The molecule has 1 fully saturated rings. The van der Waals surface area contributed by atoms with Crippen LogP contribution in [-0.4, -0.2) is 38.1 Å². The minimum Gasteiger partial charge on any atom is -0.466 e. The van der Waals surface area contributed by atoms with Crippen LogP contribution in [-0.2, 0) is 20.5 Å². The maximum absolute atomic E-state index is 12.7. The maximum atomic E-state index is 12.7. The lowest BCUT2D eigenvalue weighted by Gasteiger charge is -2.28. The number of likely N-dealkylation sites (tertiary alicyclic amines) is 1. The van der Waals surface area contributed by atoms with Crippen LogP contribution in [0.1, 0.15) is 25.3 Å². The predicted octanol–water partition coefficient (Wildman–Crippen LogP) is 1.50. The smallest absolute Gasteiger partial charge is 0.416 e. The molecule has 0 aromatic heterocycles. The van der Waals surface area contributed by atoms with Crippen LogP contribution >= 0.6 is 0 Å². The number of ether oxygens (including phenoxy) is 1. The van der Waals surface area contributed by atoms with Crippen molar-refractivity contribution in [3.63, 3.8) is 0 Å². The summed E-state index contributed by atoms with van der Waals surface area (Å²) in [7, 11) is 0. The van der Waals surface area contributed by atoms with Gasteiger partial charge < -0.3 is 15.0 Å². The molecule has 1 unspecified atom stereocenters. The van der Waals surface area contributed by atoms with Crippen LogP contribution in [0.5, 0.6) is 0 Å². The van der Waals surface area contributed by atoms with Gasteiger partial charge in [-0.05, 0) is 38.0 Å². The number of carbonyl (C=O) groups excluding carboxylic acids is 2. The fourth-order valence-corrected chi connectivity index (χ4v) is 2.98. The molecule has 138 valence electrons. The molecule has 0 aliphatic carbocycles. The normalized spacial score (nSPS) is 20.8. The molecule has 25 heavy (non-hydrogen) atoms. The van der Waals surface area contributed by atoms with Crippen LogP contribution in [0.3, 0.4) is 0 Å². The molecule has 1 aliphatic rings. The molecule has 1 saturated heterocycles. The van der Waals surface area contributed by atoms with Crippen LogP contribution < -0.4 is 10.2 Å². The van der Waals surface area contributed by atoms with E-state index in [1.807, 2.05) is 0 Å². The van der Waals surface area contributed by atoms with Crippen LogP contribution in [0, 0.1) is 5.92 Å². The number of nitrogens with one attached hydrogen (secondary N) is 2. The molecule has 0 bridgehead atoms. The van der Waals surface area contributed by atoms with E-state index in [-0.39, 0.29) is 30.0 Å². The number of halogens is 3. The number of carbonyl (C=O) groups is 2. The van der Waals surface area contributed by atoms with E-state index in [0.717, 1.165) is 36.4 Å². The van der Waals surface area contributed by atoms with Crippen molar-refractivity contribution in [2.24, 2.45) is 5.92 Å². The highest BCUT2D eigenvalue weighted by Gasteiger charge is 2.32. The lowest BCUT2D eigenvalue weighted by Crippen LogP contribution is -3.14. The van der Waals surface area contributed by atoms with Crippen molar-refractivity contribution in [2.75, 3.05) is 31.6 Å². The Morgan fingerprint density at radius 1 is 1.36 bits per heavy atom. The maximum Gasteiger partial charge on any atom is 0.416 e. The molecule has 1 aliphatic heterocycles. The van der Waals surface area contributed by atoms with Gasteiger partial charge in [-0.1, -0.05) is 6.07 Å². The third kappa shape index (κ3) is 5.74. The Bertz CT molecular complexity index is 619. The first-order valence-corrected chi connectivity index (χ1v) is 8.27. The van der Waals surface area contributed by atoms with Gasteiger partial charge >= 0.3 is 12.1 Å². The van der Waals surface area contributed by atoms with Gasteiger partial charge in [0.05, 0.1) is 25.3 Å². The Morgan fingerprint density at radius 3 is 2.80 bits per heavy atom. The first-order valence-electron chi connectivity index (χ1n) is 8.27. The standard InChI is InChI=1S/C17H21F3N2O3/c1-2-25-16(24)12-5-4-8-22(10-12)11-15(23)21-14-7-3-6-13(9-14)17(18,19)20/h3,6-7,9,12H,2,4-5,8,10-11H2,1H3,(H,21,23)/p+1/t12-/m0/s1. The summed E-state index contributed by atoms with van der Waals surface area (Å²) in [5.41, 5.74) is -0.698. The van der Waals surface area contributed by atoms with Crippen molar-refractivity contribution in [2.45, 2.75) is 25.9 Å². The molecule has 0 spiro atoms. The Morgan fingerprint density at radius 2 is 2.12 bits per heavy atom. The lowest BCUT2D eigenvalue weighted by atomic mass is 9.98. The van der Waals surface area contributed by atoms with Crippen molar-refractivity contribution >= 4 is 17.6 Å². The summed E-state index contributed by atoms with van der Waals surface area (Å²) in [5, 5.41) is 2.49. The second-order valence-electron chi connectivity index (χ2n) is 6.10. The summed E-state index contributed by atoms with van der Waals surface area (Å²) in [6, 6.07) is 4.53. The first kappa shape index (κ1) is 19.2. The first-order chi connectivity index (χ1) is 11.8. The van der Waals surface area contributed by atoms with E-state index in [9.17, 15) is 22.8 Å². The third-order valence-electron chi connectivity index (χ3n) is 4.12. The highest BCUT2D eigenvalue weighted by atomic mass is 19.4. The topological polar surface area (TPSA) is 59.8 Å². The number of alkyl halides is 3. The van der Waals surface area contributed by atoms with E-state index in [0.29, 0.717) is 13.2 Å². The van der Waals surface area contributed by atoms with Crippen molar-refractivity contribution in [3.8, 4) is 0 Å². The summed E-state index contributed by atoms with van der Waals surface area (Å²) >= 11 is 0. The zero-order valence-corrected chi connectivity index (χ0v) is 14.0. The molecule has 1 amide bonds. The second-order valence-corrected chi connectivity index (χ2v) is 6.10. The second kappa shape index (κ2) is 8.33. The van der Waals surface area contributed by atoms with Gasteiger partial charge in [-0.2, -0.15) is 13.2 Å². The number of quaternary nitrogens is 1. The lowest BCUT2D eigenvalue weighted by molar-refractivity contribution is -0.899. The van der Waals surface area contributed by atoms with Gasteiger partial charge in [0.2, 0.25) is 0 Å². The summed E-state index contributed by atoms with van der Waals surface area (Å²) < 4.78 is 43.1. The summed E-state index contributed by atoms with van der Waals surface area (Å²) in [6.07, 6.45) is -2.92. The highest BCUT2D eigenvalue weighted by molar-refractivity contribution is 5.91. The summed E-state index contributed by atoms with van der Waals surface area (Å²) in [6.45, 7) is 3.40. The number of hydrogen-bond acceptors (Lipinski definition) is 3. The molecule has 1 heterocycles. The fraction of sp³-hybridized carbons (Fsp3) is 0.529. The van der Waals surface area contributed by atoms with Gasteiger partial charge in [-0.3, -0.25) is 9.59 Å². The van der Waals surface area contributed by atoms with Crippen molar-refractivity contribution < 1.29 is 32.4 Å². The van der Waals surface area contributed by atoms with Crippen molar-refractivity contribution in [3.05, 3.63) is 29.8 Å². The van der Waals surface area contributed by atoms with Gasteiger partial charge in [-0.25, -0.2) is 0 Å². The van der Waals surface area contributed by atoms with Crippen molar-refractivity contribution in [1.82, 2.24) is 0 Å². The van der Waals surface area contributed by atoms with Crippen LogP contribution in [0.15, 0.2) is 24.3 Å². The molecule has 1 aromatic rings. The average Bonchev–Trinajstić information content (AvgIpc) is 2.54. The molecular weight excluding hydrogens is 337 g/mol. The molecule has 8 heteroatoms. The molecule has 5 nitrogen and oxygen atoms in total. The Balaban J connectivity index is 1.91. The number of hydrogen-bond donors (Lipinski definition) is 2. The van der Waals surface area contributed by atoms with E-state index in [2.05, 4.69) is 5.32 Å². The van der Waals surface area contributed by atoms with Gasteiger partial charge in [0.1, 0.15) is 5.92 Å².